The molecule has 1 heterocycles. The zero-order valence-corrected chi connectivity index (χ0v) is 15.9. The van der Waals surface area contributed by atoms with Crippen LogP contribution in [0.25, 0.3) is 22.2 Å². The fourth-order valence-corrected chi connectivity index (χ4v) is 3.29. The predicted molar refractivity (Wildman–Crippen MR) is 111 cm³/mol. The maximum absolute atomic E-state index is 13.8. The fourth-order valence-electron chi connectivity index (χ4n) is 3.12. The monoisotopic (exact) mass is 407 g/mol. The van der Waals surface area contributed by atoms with E-state index < -0.39 is 17.4 Å². The van der Waals surface area contributed by atoms with Gasteiger partial charge in [-0.2, -0.15) is 4.98 Å². The number of hydrogen-bond donors (Lipinski definition) is 1. The van der Waals surface area contributed by atoms with Gasteiger partial charge in [0, 0.05) is 16.0 Å². The molecule has 1 aromatic heterocycles. The Morgan fingerprint density at radius 2 is 1.76 bits per heavy atom. The second-order valence-corrected chi connectivity index (χ2v) is 6.82. The van der Waals surface area contributed by atoms with Crippen LogP contribution in [0.15, 0.2) is 77.6 Å². The summed E-state index contributed by atoms with van der Waals surface area (Å²) in [6, 6.07) is 20.1. The third kappa shape index (κ3) is 3.88. The van der Waals surface area contributed by atoms with Crippen LogP contribution in [-0.4, -0.2) is 15.5 Å². The Balaban J connectivity index is 1.78. The number of aromatic nitrogens is 2. The number of anilines is 1. The normalized spacial score (nSPS) is 10.8. The number of halogens is 2. The average Bonchev–Trinajstić information content (AvgIpc) is 2.72. The summed E-state index contributed by atoms with van der Waals surface area (Å²) in [6.07, 6.45) is 0. The van der Waals surface area contributed by atoms with Crippen molar-refractivity contribution in [3.05, 3.63) is 94.1 Å². The van der Waals surface area contributed by atoms with Gasteiger partial charge in [0.25, 0.3) is 0 Å². The van der Waals surface area contributed by atoms with Crippen molar-refractivity contribution in [3.63, 3.8) is 0 Å². The quantitative estimate of drug-likeness (QED) is 0.542. The molecule has 0 saturated carbocycles. The lowest BCUT2D eigenvalue weighted by Crippen LogP contribution is -2.30. The number of nitrogens with zero attached hydrogens (tertiary/aromatic N) is 2. The zero-order valence-electron chi connectivity index (χ0n) is 15.1. The van der Waals surface area contributed by atoms with E-state index in [1.54, 1.807) is 24.3 Å². The molecule has 0 radical (unpaired) electrons. The largest absolute Gasteiger partial charge is 0.349 e. The minimum Gasteiger partial charge on any atom is -0.322 e. The molecule has 0 atom stereocenters. The topological polar surface area (TPSA) is 64.0 Å². The lowest BCUT2D eigenvalue weighted by Gasteiger charge is -2.13. The molecule has 0 aliphatic carbocycles. The first kappa shape index (κ1) is 18.8. The molecule has 0 aliphatic rings. The molecule has 0 fully saturated rings. The minimum absolute atomic E-state index is 0.0479. The number of nitrogens with one attached hydrogen (secondary N) is 1. The van der Waals surface area contributed by atoms with Gasteiger partial charge in [-0.15, -0.1) is 0 Å². The predicted octanol–water partition coefficient (Wildman–Crippen LogP) is 4.49. The van der Waals surface area contributed by atoms with E-state index in [2.05, 4.69) is 10.3 Å². The van der Waals surface area contributed by atoms with Crippen LogP contribution in [-0.2, 0) is 11.3 Å². The highest BCUT2D eigenvalue weighted by Gasteiger charge is 2.15. The van der Waals surface area contributed by atoms with E-state index in [-0.39, 0.29) is 12.2 Å². The molecule has 5 nitrogen and oxygen atoms in total. The molecule has 7 heteroatoms. The Morgan fingerprint density at radius 3 is 2.52 bits per heavy atom. The van der Waals surface area contributed by atoms with Gasteiger partial charge in [-0.1, -0.05) is 54.1 Å². The van der Waals surface area contributed by atoms with Gasteiger partial charge >= 0.3 is 5.69 Å². The van der Waals surface area contributed by atoms with Crippen molar-refractivity contribution < 1.29 is 9.18 Å². The number of hydrogen-bond acceptors (Lipinski definition) is 3. The van der Waals surface area contributed by atoms with Crippen LogP contribution >= 0.6 is 11.6 Å². The second-order valence-electron chi connectivity index (χ2n) is 6.38. The van der Waals surface area contributed by atoms with Crippen molar-refractivity contribution >= 4 is 34.1 Å². The van der Waals surface area contributed by atoms with Crippen LogP contribution in [0.2, 0.25) is 5.02 Å². The van der Waals surface area contributed by atoms with Crippen molar-refractivity contribution in [1.82, 2.24) is 9.55 Å². The minimum atomic E-state index is -0.581. The third-order valence-electron chi connectivity index (χ3n) is 4.44. The van der Waals surface area contributed by atoms with Crippen molar-refractivity contribution in [1.29, 1.82) is 0 Å². The first-order valence-corrected chi connectivity index (χ1v) is 9.20. The van der Waals surface area contributed by atoms with Crippen LogP contribution in [0, 0.1) is 5.82 Å². The lowest BCUT2D eigenvalue weighted by atomic mass is 10.1. The highest BCUT2D eigenvalue weighted by atomic mass is 35.5. The molecule has 0 aliphatic heterocycles. The third-order valence-corrected chi connectivity index (χ3v) is 4.67. The number of para-hydroxylation sites is 1. The van der Waals surface area contributed by atoms with Gasteiger partial charge in [0.05, 0.1) is 16.9 Å². The first-order chi connectivity index (χ1) is 14.0. The van der Waals surface area contributed by atoms with Crippen LogP contribution in [0.1, 0.15) is 0 Å². The number of carbonyl (C=O) groups is 1. The fraction of sp³-hybridized carbons (Fsp3) is 0.0455. The molecule has 1 N–H and O–H groups in total. The zero-order chi connectivity index (χ0) is 20.4. The smallest absolute Gasteiger partial charge is 0.322 e. The molecule has 29 heavy (non-hydrogen) atoms. The van der Waals surface area contributed by atoms with E-state index in [1.807, 2.05) is 30.3 Å². The standard InChI is InChI=1S/C22H15ClFN3O2/c23-15-10-11-19-16(12-15)21(14-6-2-1-3-7-14)26-22(29)27(19)13-20(28)25-18-9-5-4-8-17(18)24/h1-12H,13H2,(H,25,28). The molecule has 144 valence electrons. The summed E-state index contributed by atoms with van der Waals surface area (Å²) < 4.78 is 15.0. The van der Waals surface area contributed by atoms with Gasteiger partial charge < -0.3 is 5.32 Å². The van der Waals surface area contributed by atoms with Crippen molar-refractivity contribution in [3.8, 4) is 11.3 Å². The molecule has 4 rings (SSSR count). The van der Waals surface area contributed by atoms with Crippen molar-refractivity contribution in [2.24, 2.45) is 0 Å². The van der Waals surface area contributed by atoms with E-state index in [4.69, 9.17) is 11.6 Å². The van der Waals surface area contributed by atoms with E-state index in [1.165, 1.54) is 22.8 Å². The molecule has 0 saturated heterocycles. The lowest BCUT2D eigenvalue weighted by molar-refractivity contribution is -0.116. The SMILES string of the molecule is O=C(Cn1c(=O)nc(-c2ccccc2)c2cc(Cl)ccc21)Nc1ccccc1F. The molecular weight excluding hydrogens is 393 g/mol. The maximum atomic E-state index is 13.8. The molecule has 3 aromatic carbocycles. The summed E-state index contributed by atoms with van der Waals surface area (Å²) in [6.45, 7) is -0.312. The summed E-state index contributed by atoms with van der Waals surface area (Å²) in [5.74, 6) is -1.09. The number of rotatable bonds is 4. The Labute approximate surface area is 170 Å². The Morgan fingerprint density at radius 1 is 1.03 bits per heavy atom. The highest BCUT2D eigenvalue weighted by molar-refractivity contribution is 6.31. The van der Waals surface area contributed by atoms with Gasteiger partial charge in [-0.3, -0.25) is 9.36 Å². The van der Waals surface area contributed by atoms with Gasteiger partial charge in [-0.25, -0.2) is 9.18 Å². The maximum Gasteiger partial charge on any atom is 0.349 e. The molecule has 4 aromatic rings. The molecule has 1 amide bonds. The van der Waals surface area contributed by atoms with Gasteiger partial charge in [0.15, 0.2) is 0 Å². The molecule has 0 unspecified atom stereocenters. The number of benzene rings is 3. The van der Waals surface area contributed by atoms with Gasteiger partial charge in [0.1, 0.15) is 12.4 Å². The van der Waals surface area contributed by atoms with E-state index in [0.717, 1.165) is 5.56 Å². The van der Waals surface area contributed by atoms with Crippen LogP contribution in [0.5, 0.6) is 0 Å². The summed E-state index contributed by atoms with van der Waals surface area (Å²) in [5.41, 5.74) is 1.23. The highest BCUT2D eigenvalue weighted by Crippen LogP contribution is 2.27. The summed E-state index contributed by atoms with van der Waals surface area (Å²) in [7, 11) is 0. The molecule has 0 bridgehead atoms. The van der Waals surface area contributed by atoms with Gasteiger partial charge in [0.2, 0.25) is 5.91 Å². The second kappa shape index (κ2) is 7.85. The Kier molecular flexibility index (Phi) is 5.10. The van der Waals surface area contributed by atoms with Crippen LogP contribution < -0.4 is 11.0 Å². The summed E-state index contributed by atoms with van der Waals surface area (Å²) in [5, 5.41) is 3.61. The van der Waals surface area contributed by atoms with Crippen molar-refractivity contribution in [2.45, 2.75) is 6.54 Å². The van der Waals surface area contributed by atoms with Crippen LogP contribution in [0.4, 0.5) is 10.1 Å². The number of carbonyl (C=O) groups excluding carboxylic acids is 1. The number of amides is 1. The summed E-state index contributed by atoms with van der Waals surface area (Å²) in [4.78, 5) is 29.4. The molecular formula is C22H15ClFN3O2. The van der Waals surface area contributed by atoms with E-state index >= 15 is 0 Å². The van der Waals surface area contributed by atoms with Crippen molar-refractivity contribution in [2.75, 3.05) is 5.32 Å². The van der Waals surface area contributed by atoms with Crippen LogP contribution in [0.3, 0.4) is 0 Å². The van der Waals surface area contributed by atoms with E-state index in [9.17, 15) is 14.0 Å². The van der Waals surface area contributed by atoms with Gasteiger partial charge in [-0.05, 0) is 30.3 Å². The van der Waals surface area contributed by atoms with E-state index in [0.29, 0.717) is 21.6 Å². The Bertz CT molecular complexity index is 1270. The molecule has 0 spiro atoms. The average molecular weight is 408 g/mol. The summed E-state index contributed by atoms with van der Waals surface area (Å²) >= 11 is 6.16. The number of fused-ring (bicyclic) bond motifs is 1. The Hall–Kier alpha value is -3.51. The first-order valence-electron chi connectivity index (χ1n) is 8.83.